The van der Waals surface area contributed by atoms with Crippen LogP contribution in [0.3, 0.4) is 0 Å². The number of amides is 2. The number of nitrogens with one attached hydrogen (secondary N) is 3. The van der Waals surface area contributed by atoms with Crippen molar-refractivity contribution in [3.05, 3.63) is 71.0 Å². The van der Waals surface area contributed by atoms with Crippen molar-refractivity contribution in [2.75, 3.05) is 23.8 Å². The van der Waals surface area contributed by atoms with E-state index in [-0.39, 0.29) is 31.4 Å². The van der Waals surface area contributed by atoms with Crippen LogP contribution in [0.25, 0.3) is 0 Å². The molecule has 0 unspecified atom stereocenters. The molecule has 0 aliphatic heterocycles. The van der Waals surface area contributed by atoms with Gasteiger partial charge in [-0.25, -0.2) is 4.79 Å². The van der Waals surface area contributed by atoms with Gasteiger partial charge in [-0.2, -0.15) is 15.0 Å². The second kappa shape index (κ2) is 16.5. The summed E-state index contributed by atoms with van der Waals surface area (Å²) in [5, 5.41) is 8.41. The molecule has 13 nitrogen and oxygen atoms in total. The Labute approximate surface area is 275 Å². The number of carbonyl (C=O) groups is 4. The Morgan fingerprint density at radius 2 is 1.38 bits per heavy atom. The van der Waals surface area contributed by atoms with Gasteiger partial charge in [0.2, 0.25) is 17.8 Å². The van der Waals surface area contributed by atoms with Crippen LogP contribution < -0.4 is 20.7 Å². The molecule has 0 saturated heterocycles. The van der Waals surface area contributed by atoms with Gasteiger partial charge in [0.05, 0.1) is 25.1 Å². The van der Waals surface area contributed by atoms with Crippen molar-refractivity contribution in [2.45, 2.75) is 85.5 Å². The van der Waals surface area contributed by atoms with Gasteiger partial charge in [-0.3, -0.25) is 14.4 Å². The molecule has 2 amide bonds. The number of nitrogens with zero attached hydrogens (tertiary/aromatic N) is 3. The molecule has 47 heavy (non-hydrogen) atoms. The van der Waals surface area contributed by atoms with Gasteiger partial charge < -0.3 is 30.2 Å². The van der Waals surface area contributed by atoms with Crippen molar-refractivity contribution in [1.29, 1.82) is 0 Å². The van der Waals surface area contributed by atoms with Crippen molar-refractivity contribution >= 4 is 35.4 Å². The van der Waals surface area contributed by atoms with Crippen LogP contribution >= 0.6 is 0 Å². The molecule has 0 radical (unpaired) electrons. The third-order valence-electron chi connectivity index (χ3n) is 6.00. The number of benzene rings is 2. The van der Waals surface area contributed by atoms with E-state index < -0.39 is 29.0 Å². The molecule has 1 heterocycles. The molecule has 0 bridgehead atoms. The zero-order valence-electron chi connectivity index (χ0n) is 28.1. The minimum absolute atomic E-state index is 0.0653. The van der Waals surface area contributed by atoms with Gasteiger partial charge in [-0.15, -0.1) is 0 Å². The molecule has 2 aromatic carbocycles. The SMILES string of the molecule is CCOc1nc(Cc2ccc(C(=O)OC(C)(C)C)cc2)nc(NCc2ccc(NC(=O)CNC(=O)CCC(=O)OC(C)(C)C)cc2)n1. The van der Waals surface area contributed by atoms with Crippen molar-refractivity contribution < 1.29 is 33.4 Å². The van der Waals surface area contributed by atoms with Crippen LogP contribution in [-0.4, -0.2) is 63.1 Å². The lowest BCUT2D eigenvalue weighted by Crippen LogP contribution is -2.33. The van der Waals surface area contributed by atoms with Crippen molar-refractivity contribution in [3.63, 3.8) is 0 Å². The Hall–Kier alpha value is -5.07. The van der Waals surface area contributed by atoms with E-state index in [1.54, 1.807) is 45.0 Å². The van der Waals surface area contributed by atoms with Gasteiger partial charge in [0.25, 0.3) is 0 Å². The molecular weight excluding hydrogens is 604 g/mol. The number of hydrogen-bond donors (Lipinski definition) is 3. The van der Waals surface area contributed by atoms with Crippen LogP contribution in [0.5, 0.6) is 6.01 Å². The fourth-order valence-corrected chi connectivity index (χ4v) is 4.00. The molecule has 0 atom stereocenters. The number of ether oxygens (including phenoxy) is 3. The van der Waals surface area contributed by atoms with Crippen LogP contribution in [0.15, 0.2) is 48.5 Å². The summed E-state index contributed by atoms with van der Waals surface area (Å²) in [4.78, 5) is 61.7. The summed E-state index contributed by atoms with van der Waals surface area (Å²) < 4.78 is 16.2. The van der Waals surface area contributed by atoms with Crippen molar-refractivity contribution in [3.8, 4) is 6.01 Å². The van der Waals surface area contributed by atoms with Gasteiger partial charge >= 0.3 is 17.9 Å². The molecule has 0 saturated carbocycles. The molecule has 0 fully saturated rings. The third-order valence-corrected chi connectivity index (χ3v) is 6.00. The maximum absolute atomic E-state index is 12.3. The van der Waals surface area contributed by atoms with Gasteiger partial charge in [-0.1, -0.05) is 24.3 Å². The number of esters is 2. The average molecular weight is 649 g/mol. The zero-order valence-corrected chi connectivity index (χ0v) is 28.1. The average Bonchev–Trinajstić information content (AvgIpc) is 2.97. The Kier molecular flexibility index (Phi) is 12.8. The quantitative estimate of drug-likeness (QED) is 0.209. The van der Waals surface area contributed by atoms with E-state index >= 15 is 0 Å². The Morgan fingerprint density at radius 3 is 2.00 bits per heavy atom. The van der Waals surface area contributed by atoms with E-state index in [2.05, 4.69) is 30.9 Å². The summed E-state index contributed by atoms with van der Waals surface area (Å²) in [6, 6.07) is 14.4. The molecular formula is C34H44N6O7. The fourth-order valence-electron chi connectivity index (χ4n) is 4.00. The molecule has 252 valence electrons. The Bertz CT molecular complexity index is 1530. The second-order valence-electron chi connectivity index (χ2n) is 12.6. The molecule has 0 spiro atoms. The fraction of sp³-hybridized carbons (Fsp3) is 0.441. The van der Waals surface area contributed by atoms with Crippen molar-refractivity contribution in [2.24, 2.45) is 0 Å². The number of carbonyl (C=O) groups excluding carboxylic acids is 4. The van der Waals surface area contributed by atoms with Gasteiger partial charge in [0, 0.05) is 25.1 Å². The molecule has 13 heteroatoms. The first-order chi connectivity index (χ1) is 22.1. The predicted molar refractivity (Wildman–Crippen MR) is 176 cm³/mol. The molecule has 3 N–H and O–H groups in total. The molecule has 3 aromatic rings. The smallest absolute Gasteiger partial charge is 0.338 e. The van der Waals surface area contributed by atoms with Gasteiger partial charge in [-0.05, 0) is 83.9 Å². The van der Waals surface area contributed by atoms with Crippen molar-refractivity contribution in [1.82, 2.24) is 20.3 Å². The van der Waals surface area contributed by atoms with Crippen LogP contribution in [-0.2, 0) is 36.8 Å². The lowest BCUT2D eigenvalue weighted by Gasteiger charge is -2.19. The molecule has 1 aromatic heterocycles. The maximum Gasteiger partial charge on any atom is 0.338 e. The highest BCUT2D eigenvalue weighted by molar-refractivity contribution is 5.94. The summed E-state index contributed by atoms with van der Waals surface area (Å²) >= 11 is 0. The van der Waals surface area contributed by atoms with E-state index in [4.69, 9.17) is 14.2 Å². The number of aromatic nitrogens is 3. The summed E-state index contributed by atoms with van der Waals surface area (Å²) in [7, 11) is 0. The van der Waals surface area contributed by atoms with Crippen LogP contribution in [0.4, 0.5) is 11.6 Å². The minimum atomic E-state index is -0.621. The largest absolute Gasteiger partial charge is 0.464 e. The summed E-state index contributed by atoms with van der Waals surface area (Å²) in [6.07, 6.45) is 0.260. The highest BCUT2D eigenvalue weighted by atomic mass is 16.6. The van der Waals surface area contributed by atoms with E-state index in [1.807, 2.05) is 52.0 Å². The summed E-state index contributed by atoms with van der Waals surface area (Å²) in [5.74, 6) is -0.850. The predicted octanol–water partition coefficient (Wildman–Crippen LogP) is 4.61. The highest BCUT2D eigenvalue weighted by Crippen LogP contribution is 2.17. The highest BCUT2D eigenvalue weighted by Gasteiger charge is 2.19. The standard InChI is InChI=1S/C34H44N6O7/c1-8-45-32-39-26(19-22-9-13-24(14-10-22)30(44)47-34(5,6)7)38-31(40-32)36-20-23-11-15-25(16-12-23)37-28(42)21-35-27(41)17-18-29(43)46-33(2,3)4/h9-16H,8,17-21H2,1-7H3,(H,35,41)(H,37,42)(H,36,38,39,40). The van der Waals surface area contributed by atoms with Crippen LogP contribution in [0.1, 0.15) is 88.6 Å². The van der Waals surface area contributed by atoms with Crippen LogP contribution in [0.2, 0.25) is 0 Å². The first kappa shape index (κ1) is 36.4. The summed E-state index contributed by atoms with van der Waals surface area (Å²) in [5.41, 5.74) is 1.61. The third kappa shape index (κ3) is 13.8. The van der Waals surface area contributed by atoms with E-state index in [0.717, 1.165) is 11.1 Å². The van der Waals surface area contributed by atoms with Gasteiger partial charge in [0.1, 0.15) is 17.0 Å². The normalized spacial score (nSPS) is 11.3. The van der Waals surface area contributed by atoms with E-state index in [1.165, 1.54) is 0 Å². The van der Waals surface area contributed by atoms with Gasteiger partial charge in [0.15, 0.2) is 0 Å². The topological polar surface area (TPSA) is 171 Å². The first-order valence-corrected chi connectivity index (χ1v) is 15.4. The second-order valence-corrected chi connectivity index (χ2v) is 12.6. The summed E-state index contributed by atoms with van der Waals surface area (Å²) in [6.45, 7) is 13.1. The van der Waals surface area contributed by atoms with E-state index in [0.29, 0.717) is 42.6 Å². The molecule has 0 aliphatic rings. The number of anilines is 2. The monoisotopic (exact) mass is 648 g/mol. The zero-order chi connectivity index (χ0) is 34.6. The van der Waals surface area contributed by atoms with E-state index in [9.17, 15) is 19.2 Å². The Balaban J connectivity index is 1.51. The lowest BCUT2D eigenvalue weighted by molar-refractivity contribution is -0.155. The molecule has 0 aliphatic carbocycles. The maximum atomic E-state index is 12.3. The minimum Gasteiger partial charge on any atom is -0.464 e. The number of rotatable bonds is 14. The number of hydrogen-bond acceptors (Lipinski definition) is 11. The van der Waals surface area contributed by atoms with Crippen LogP contribution in [0, 0.1) is 0 Å². The first-order valence-electron chi connectivity index (χ1n) is 15.4. The lowest BCUT2D eigenvalue weighted by atomic mass is 10.1. The Morgan fingerprint density at radius 1 is 0.745 bits per heavy atom. The molecule has 3 rings (SSSR count).